The Kier molecular flexibility index (Phi) is 8.23. The fourth-order valence-electron chi connectivity index (χ4n) is 4.19. The first-order chi connectivity index (χ1) is 15.7. The predicted molar refractivity (Wildman–Crippen MR) is 137 cm³/mol. The van der Waals surface area contributed by atoms with Gasteiger partial charge in [-0.15, -0.1) is 0 Å². The normalized spacial score (nSPS) is 14.9. The highest BCUT2D eigenvalue weighted by Gasteiger charge is 2.17. The van der Waals surface area contributed by atoms with E-state index in [9.17, 15) is 4.79 Å². The molecule has 0 atom stereocenters. The van der Waals surface area contributed by atoms with E-state index in [4.69, 9.17) is 0 Å². The second-order valence-electron chi connectivity index (χ2n) is 8.91. The van der Waals surface area contributed by atoms with Gasteiger partial charge in [-0.3, -0.25) is 9.69 Å². The Hall–Kier alpha value is -3.18. The van der Waals surface area contributed by atoms with Gasteiger partial charge in [0, 0.05) is 44.5 Å². The van der Waals surface area contributed by atoms with Crippen LogP contribution in [0.25, 0.3) is 0 Å². The standard InChI is InChI=1S/C28H36N4O/c1-19-8-7-9-27-18-32(15-14-28(19)27)17-26-12-10-25(11-13-26)16-29-21(3)20(2)22(4)30-23(5)31-24(6)33/h7-13,29H,3,14-18H2,1-2,4-6H3,(H,30,31,33)/b22-20+. The maximum atomic E-state index is 11.2. The Labute approximate surface area is 198 Å². The van der Waals surface area contributed by atoms with Crippen molar-refractivity contribution in [3.05, 3.63) is 93.8 Å². The number of nitrogens with one attached hydrogen (secondary N) is 2. The molecule has 0 saturated heterocycles. The first-order valence-corrected chi connectivity index (χ1v) is 11.5. The zero-order valence-corrected chi connectivity index (χ0v) is 20.6. The van der Waals surface area contributed by atoms with Gasteiger partial charge in [0.15, 0.2) is 0 Å². The third-order valence-corrected chi connectivity index (χ3v) is 6.20. The van der Waals surface area contributed by atoms with Gasteiger partial charge in [0.1, 0.15) is 5.84 Å². The first kappa shape index (κ1) is 24.5. The van der Waals surface area contributed by atoms with Crippen molar-refractivity contribution < 1.29 is 4.79 Å². The van der Waals surface area contributed by atoms with Crippen LogP contribution in [0.4, 0.5) is 0 Å². The van der Waals surface area contributed by atoms with Crippen LogP contribution in [0.5, 0.6) is 0 Å². The van der Waals surface area contributed by atoms with Gasteiger partial charge in [0.2, 0.25) is 5.91 Å². The molecule has 174 valence electrons. The zero-order chi connectivity index (χ0) is 24.0. The third-order valence-electron chi connectivity index (χ3n) is 6.20. The van der Waals surface area contributed by atoms with Crippen molar-refractivity contribution in [1.29, 1.82) is 0 Å². The molecule has 0 aromatic heterocycles. The van der Waals surface area contributed by atoms with E-state index >= 15 is 0 Å². The van der Waals surface area contributed by atoms with E-state index in [1.165, 1.54) is 34.7 Å². The first-order valence-electron chi connectivity index (χ1n) is 11.5. The number of aryl methyl sites for hydroxylation is 1. The SMILES string of the molecule is C=C(NCc1ccc(CN2CCc3c(C)cccc3C2)cc1)/C(C)=C(\C)N=C(C)NC(C)=O. The molecule has 1 aliphatic heterocycles. The van der Waals surface area contributed by atoms with E-state index in [2.05, 4.69) is 76.5 Å². The van der Waals surface area contributed by atoms with Crippen molar-refractivity contribution in [3.8, 4) is 0 Å². The number of hydrogen-bond donors (Lipinski definition) is 2. The minimum atomic E-state index is -0.123. The smallest absolute Gasteiger partial charge is 0.222 e. The average Bonchev–Trinajstić information content (AvgIpc) is 2.77. The van der Waals surface area contributed by atoms with E-state index in [1.807, 2.05) is 13.8 Å². The number of carbonyl (C=O) groups is 1. The highest BCUT2D eigenvalue weighted by atomic mass is 16.1. The molecule has 0 unspecified atom stereocenters. The van der Waals surface area contributed by atoms with Crippen LogP contribution in [0.15, 0.2) is 71.0 Å². The van der Waals surface area contributed by atoms with Crippen LogP contribution < -0.4 is 10.6 Å². The van der Waals surface area contributed by atoms with Crippen molar-refractivity contribution >= 4 is 11.7 Å². The summed E-state index contributed by atoms with van der Waals surface area (Å²) in [6.45, 7) is 17.3. The van der Waals surface area contributed by atoms with Gasteiger partial charge in [-0.2, -0.15) is 0 Å². The monoisotopic (exact) mass is 444 g/mol. The minimum absolute atomic E-state index is 0.123. The lowest BCUT2D eigenvalue weighted by Gasteiger charge is -2.29. The fraction of sp³-hybridized carbons (Fsp3) is 0.357. The fourth-order valence-corrected chi connectivity index (χ4v) is 4.19. The molecule has 0 radical (unpaired) electrons. The summed E-state index contributed by atoms with van der Waals surface area (Å²) in [6.07, 6.45) is 1.13. The molecule has 5 nitrogen and oxygen atoms in total. The average molecular weight is 445 g/mol. The molecule has 1 heterocycles. The number of amides is 1. The number of aliphatic imine (C=N–C) groups is 1. The van der Waals surface area contributed by atoms with E-state index in [0.717, 1.165) is 43.0 Å². The van der Waals surface area contributed by atoms with Crippen molar-refractivity contribution in [2.24, 2.45) is 4.99 Å². The summed E-state index contributed by atoms with van der Waals surface area (Å²) in [5, 5.41) is 6.08. The van der Waals surface area contributed by atoms with Crippen molar-refractivity contribution in [2.75, 3.05) is 6.54 Å². The van der Waals surface area contributed by atoms with Crippen LogP contribution in [0.1, 0.15) is 55.5 Å². The molecule has 0 spiro atoms. The molecule has 33 heavy (non-hydrogen) atoms. The quantitative estimate of drug-likeness (QED) is 0.359. The second kappa shape index (κ2) is 11.1. The van der Waals surface area contributed by atoms with E-state index in [-0.39, 0.29) is 5.91 Å². The molecule has 1 amide bonds. The van der Waals surface area contributed by atoms with Crippen LogP contribution >= 0.6 is 0 Å². The molecule has 2 N–H and O–H groups in total. The number of allylic oxidation sites excluding steroid dienone is 2. The summed E-state index contributed by atoms with van der Waals surface area (Å²) in [5.74, 6) is 0.456. The lowest BCUT2D eigenvalue weighted by molar-refractivity contribution is -0.117. The van der Waals surface area contributed by atoms with Gasteiger partial charge < -0.3 is 10.6 Å². The van der Waals surface area contributed by atoms with Gasteiger partial charge in [-0.25, -0.2) is 4.99 Å². The van der Waals surface area contributed by atoms with E-state index in [1.54, 1.807) is 6.92 Å². The van der Waals surface area contributed by atoms with Gasteiger partial charge in [-0.1, -0.05) is 49.0 Å². The minimum Gasteiger partial charge on any atom is -0.381 e. The van der Waals surface area contributed by atoms with Crippen LogP contribution in [-0.4, -0.2) is 23.2 Å². The number of benzene rings is 2. The largest absolute Gasteiger partial charge is 0.381 e. The molecule has 2 aromatic carbocycles. The lowest BCUT2D eigenvalue weighted by atomic mass is 9.95. The Morgan fingerprint density at radius 1 is 1.06 bits per heavy atom. The van der Waals surface area contributed by atoms with Crippen molar-refractivity contribution in [3.63, 3.8) is 0 Å². The highest BCUT2D eigenvalue weighted by molar-refractivity contribution is 5.96. The highest BCUT2D eigenvalue weighted by Crippen LogP contribution is 2.23. The van der Waals surface area contributed by atoms with Gasteiger partial charge in [0.05, 0.1) is 0 Å². The number of carbonyl (C=O) groups excluding carboxylic acids is 1. The Bertz CT molecular complexity index is 1080. The van der Waals surface area contributed by atoms with Crippen molar-refractivity contribution in [1.82, 2.24) is 15.5 Å². The summed E-state index contributed by atoms with van der Waals surface area (Å²) in [4.78, 5) is 18.1. The van der Waals surface area contributed by atoms with E-state index in [0.29, 0.717) is 12.4 Å². The molecule has 1 aliphatic rings. The predicted octanol–water partition coefficient (Wildman–Crippen LogP) is 5.01. The molecule has 0 saturated carbocycles. The summed E-state index contributed by atoms with van der Waals surface area (Å²) in [6, 6.07) is 15.5. The van der Waals surface area contributed by atoms with Crippen LogP contribution in [-0.2, 0) is 30.8 Å². The van der Waals surface area contributed by atoms with Crippen LogP contribution in [0, 0.1) is 6.92 Å². The maximum Gasteiger partial charge on any atom is 0.222 e. The second-order valence-corrected chi connectivity index (χ2v) is 8.91. The number of hydrogen-bond acceptors (Lipinski definition) is 4. The number of amidine groups is 1. The molecule has 0 aliphatic carbocycles. The Morgan fingerprint density at radius 2 is 1.76 bits per heavy atom. The van der Waals surface area contributed by atoms with Gasteiger partial charge in [0.25, 0.3) is 0 Å². The van der Waals surface area contributed by atoms with Crippen LogP contribution in [0.2, 0.25) is 0 Å². The summed E-state index contributed by atoms with van der Waals surface area (Å²) >= 11 is 0. The maximum absolute atomic E-state index is 11.2. The van der Waals surface area contributed by atoms with Gasteiger partial charge >= 0.3 is 0 Å². The van der Waals surface area contributed by atoms with Crippen LogP contribution in [0.3, 0.4) is 0 Å². The summed E-state index contributed by atoms with van der Waals surface area (Å²) in [5.41, 5.74) is 9.59. The molecule has 5 heteroatoms. The van der Waals surface area contributed by atoms with E-state index < -0.39 is 0 Å². The lowest BCUT2D eigenvalue weighted by Crippen LogP contribution is -2.30. The number of nitrogens with zero attached hydrogens (tertiary/aromatic N) is 2. The third kappa shape index (κ3) is 6.90. The molecular formula is C28H36N4O. The number of rotatable bonds is 7. The number of fused-ring (bicyclic) bond motifs is 1. The zero-order valence-electron chi connectivity index (χ0n) is 20.6. The summed E-state index contributed by atoms with van der Waals surface area (Å²) in [7, 11) is 0. The Balaban J connectivity index is 1.53. The van der Waals surface area contributed by atoms with Crippen molar-refractivity contribution in [2.45, 2.75) is 60.7 Å². The summed E-state index contributed by atoms with van der Waals surface area (Å²) < 4.78 is 0. The molecule has 3 rings (SSSR count). The molecular weight excluding hydrogens is 408 g/mol. The molecule has 0 fully saturated rings. The van der Waals surface area contributed by atoms with Gasteiger partial charge in [-0.05, 0) is 67.5 Å². The molecule has 0 bridgehead atoms. The molecule has 2 aromatic rings. The Morgan fingerprint density at radius 3 is 2.45 bits per heavy atom. The topological polar surface area (TPSA) is 56.7 Å².